The van der Waals surface area contributed by atoms with Crippen molar-refractivity contribution < 1.29 is 42.8 Å². The van der Waals surface area contributed by atoms with Crippen molar-refractivity contribution in [1.82, 2.24) is 19.9 Å². The average molecular weight is 598 g/mol. The Morgan fingerprint density at radius 3 is 2.42 bits per heavy atom. The highest BCUT2D eigenvalue weighted by Gasteiger charge is 2.49. The van der Waals surface area contributed by atoms with Gasteiger partial charge in [-0.05, 0) is 42.5 Å². The smallest absolute Gasteiger partial charge is 0.256 e. The van der Waals surface area contributed by atoms with Crippen LogP contribution in [0.2, 0.25) is 0 Å². The first-order valence-electron chi connectivity index (χ1n) is 13.1. The molecule has 2 heterocycles. The SMILES string of the molecule is O=C(CN(C(=O)c1ccc(F)c(F)c1)[C@@H]1O[C@H](CO)[C@H](O)[C@H](n2cc(-c3cccc(F)c3)nn2)[C@H]1O)Nc1ccccc1. The second-order valence-corrected chi connectivity index (χ2v) is 9.79. The summed E-state index contributed by atoms with van der Waals surface area (Å²) in [4.78, 5) is 27.5. The number of hydrogen-bond acceptors (Lipinski definition) is 8. The Kier molecular flexibility index (Phi) is 8.82. The maximum Gasteiger partial charge on any atom is 0.256 e. The molecule has 5 rings (SSSR count). The Balaban J connectivity index is 1.50. The Morgan fingerprint density at radius 2 is 1.72 bits per heavy atom. The molecule has 0 saturated carbocycles. The Labute approximate surface area is 242 Å². The molecule has 1 aromatic heterocycles. The number of carbonyl (C=O) groups excluding carboxylic acids is 2. The normalized spacial score (nSPS) is 21.8. The van der Waals surface area contributed by atoms with Crippen LogP contribution in [0.3, 0.4) is 0 Å². The van der Waals surface area contributed by atoms with Gasteiger partial charge in [-0.1, -0.05) is 35.5 Å². The van der Waals surface area contributed by atoms with Gasteiger partial charge in [0.25, 0.3) is 5.91 Å². The molecule has 0 aliphatic carbocycles. The van der Waals surface area contributed by atoms with Crippen molar-refractivity contribution in [3.8, 4) is 11.3 Å². The second-order valence-electron chi connectivity index (χ2n) is 9.79. The van der Waals surface area contributed by atoms with Gasteiger partial charge < -0.3 is 30.3 Å². The van der Waals surface area contributed by atoms with Crippen LogP contribution < -0.4 is 5.32 Å². The maximum absolute atomic E-state index is 14.1. The van der Waals surface area contributed by atoms with Crippen LogP contribution >= 0.6 is 0 Å². The number of benzene rings is 3. The van der Waals surface area contributed by atoms with Crippen LogP contribution in [0.1, 0.15) is 16.4 Å². The standard InChI is InChI=1S/C29H26F3N5O6/c30-18-6-4-5-16(11-18)22-13-37(35-34-22)25-26(40)23(15-38)43-29(27(25)41)36(14-24(39)33-19-7-2-1-3-8-19)28(42)17-9-10-20(31)21(32)12-17/h1-13,23,25-27,29,38,40-41H,14-15H2,(H,33,39)/t23-,25+,26+,27-,29-/m1/s1. The summed E-state index contributed by atoms with van der Waals surface area (Å²) in [6, 6.07) is 14.7. The number of carbonyl (C=O) groups is 2. The zero-order valence-electron chi connectivity index (χ0n) is 22.3. The van der Waals surface area contributed by atoms with E-state index in [1.165, 1.54) is 24.4 Å². The molecule has 224 valence electrons. The molecule has 1 fully saturated rings. The average Bonchev–Trinajstić information content (AvgIpc) is 3.48. The molecular formula is C29H26F3N5O6. The topological polar surface area (TPSA) is 150 Å². The molecule has 14 heteroatoms. The van der Waals surface area contributed by atoms with Crippen molar-refractivity contribution in [3.63, 3.8) is 0 Å². The van der Waals surface area contributed by atoms with Crippen molar-refractivity contribution in [1.29, 1.82) is 0 Å². The summed E-state index contributed by atoms with van der Waals surface area (Å²) in [5, 5.41) is 43.0. The molecule has 0 bridgehead atoms. The number of aliphatic hydroxyl groups excluding tert-OH is 3. The number of aliphatic hydroxyl groups is 3. The number of rotatable bonds is 8. The molecular weight excluding hydrogens is 571 g/mol. The first-order valence-corrected chi connectivity index (χ1v) is 13.1. The number of nitrogens with zero attached hydrogens (tertiary/aromatic N) is 4. The number of amides is 2. The predicted octanol–water partition coefficient (Wildman–Crippen LogP) is 2.12. The van der Waals surface area contributed by atoms with Gasteiger partial charge in [0, 0.05) is 16.8 Å². The minimum Gasteiger partial charge on any atom is -0.394 e. The lowest BCUT2D eigenvalue weighted by Crippen LogP contribution is -2.63. The zero-order valence-corrected chi connectivity index (χ0v) is 22.3. The Morgan fingerprint density at radius 1 is 0.953 bits per heavy atom. The fourth-order valence-corrected chi connectivity index (χ4v) is 4.80. The molecule has 2 amide bonds. The fraction of sp³-hybridized carbons (Fsp3) is 0.241. The van der Waals surface area contributed by atoms with Crippen LogP contribution in [0.15, 0.2) is 79.0 Å². The summed E-state index contributed by atoms with van der Waals surface area (Å²) < 4.78 is 48.3. The fourth-order valence-electron chi connectivity index (χ4n) is 4.80. The number of aromatic nitrogens is 3. The molecule has 1 aliphatic heterocycles. The van der Waals surface area contributed by atoms with Crippen LogP contribution in [0.5, 0.6) is 0 Å². The molecule has 5 atom stereocenters. The highest BCUT2D eigenvalue weighted by molar-refractivity contribution is 5.99. The third-order valence-corrected chi connectivity index (χ3v) is 6.91. The van der Waals surface area contributed by atoms with Crippen LogP contribution in [-0.2, 0) is 9.53 Å². The number of ether oxygens (including phenoxy) is 1. The molecule has 4 aromatic rings. The summed E-state index contributed by atoms with van der Waals surface area (Å²) in [5.41, 5.74) is 0.580. The summed E-state index contributed by atoms with van der Waals surface area (Å²) in [6.45, 7) is -1.50. The van der Waals surface area contributed by atoms with E-state index in [-0.39, 0.29) is 11.3 Å². The van der Waals surface area contributed by atoms with Crippen molar-refractivity contribution >= 4 is 17.5 Å². The molecule has 1 saturated heterocycles. The van der Waals surface area contributed by atoms with E-state index in [2.05, 4.69) is 15.6 Å². The predicted molar refractivity (Wildman–Crippen MR) is 145 cm³/mol. The van der Waals surface area contributed by atoms with E-state index in [1.54, 1.807) is 36.4 Å². The van der Waals surface area contributed by atoms with Gasteiger partial charge in [0.15, 0.2) is 17.9 Å². The monoisotopic (exact) mass is 597 g/mol. The van der Waals surface area contributed by atoms with Crippen molar-refractivity contribution in [2.24, 2.45) is 0 Å². The number of anilines is 1. The molecule has 43 heavy (non-hydrogen) atoms. The van der Waals surface area contributed by atoms with Crippen LogP contribution in [0.4, 0.5) is 18.9 Å². The van der Waals surface area contributed by atoms with Crippen LogP contribution in [0, 0.1) is 17.5 Å². The molecule has 1 aliphatic rings. The minimum absolute atomic E-state index is 0.194. The van der Waals surface area contributed by atoms with Gasteiger partial charge in [-0.3, -0.25) is 9.59 Å². The molecule has 3 aromatic carbocycles. The molecule has 0 radical (unpaired) electrons. The van der Waals surface area contributed by atoms with E-state index < -0.39 is 73.0 Å². The van der Waals surface area contributed by atoms with Gasteiger partial charge in [0.1, 0.15) is 42.4 Å². The van der Waals surface area contributed by atoms with E-state index in [0.29, 0.717) is 17.3 Å². The highest BCUT2D eigenvalue weighted by atomic mass is 19.2. The van der Waals surface area contributed by atoms with E-state index >= 15 is 0 Å². The van der Waals surface area contributed by atoms with Gasteiger partial charge in [-0.2, -0.15) is 0 Å². The van der Waals surface area contributed by atoms with Crippen LogP contribution in [-0.4, -0.2) is 84.7 Å². The van der Waals surface area contributed by atoms with Gasteiger partial charge >= 0.3 is 0 Å². The van der Waals surface area contributed by atoms with Crippen molar-refractivity contribution in [2.45, 2.75) is 30.6 Å². The Hall–Kier alpha value is -4.63. The van der Waals surface area contributed by atoms with Gasteiger partial charge in [-0.25, -0.2) is 17.9 Å². The van der Waals surface area contributed by atoms with E-state index in [4.69, 9.17) is 4.74 Å². The summed E-state index contributed by atoms with van der Waals surface area (Å²) >= 11 is 0. The molecule has 0 spiro atoms. The molecule has 4 N–H and O–H groups in total. The maximum atomic E-state index is 14.1. The minimum atomic E-state index is -1.79. The number of nitrogens with one attached hydrogen (secondary N) is 1. The van der Waals surface area contributed by atoms with Crippen LogP contribution in [0.25, 0.3) is 11.3 Å². The second kappa shape index (κ2) is 12.7. The van der Waals surface area contributed by atoms with Gasteiger partial charge in [0.2, 0.25) is 5.91 Å². The zero-order chi connectivity index (χ0) is 30.7. The first-order chi connectivity index (χ1) is 20.7. The van der Waals surface area contributed by atoms with E-state index in [0.717, 1.165) is 21.7 Å². The van der Waals surface area contributed by atoms with Crippen molar-refractivity contribution in [3.05, 3.63) is 102 Å². The lowest BCUT2D eigenvalue weighted by Gasteiger charge is -2.45. The number of halogens is 3. The highest BCUT2D eigenvalue weighted by Crippen LogP contribution is 2.33. The Bertz CT molecular complexity index is 1610. The quantitative estimate of drug-likeness (QED) is 0.241. The van der Waals surface area contributed by atoms with Crippen molar-refractivity contribution in [2.75, 3.05) is 18.5 Å². The van der Waals surface area contributed by atoms with E-state index in [9.17, 15) is 38.1 Å². The largest absolute Gasteiger partial charge is 0.394 e. The lowest BCUT2D eigenvalue weighted by atomic mass is 9.94. The van der Waals surface area contributed by atoms with Gasteiger partial charge in [0.05, 0.1) is 12.8 Å². The molecule has 0 unspecified atom stereocenters. The van der Waals surface area contributed by atoms with Gasteiger partial charge in [-0.15, -0.1) is 5.10 Å². The van der Waals surface area contributed by atoms with E-state index in [1.807, 2.05) is 0 Å². The lowest BCUT2D eigenvalue weighted by molar-refractivity contribution is -0.237. The summed E-state index contributed by atoms with van der Waals surface area (Å²) in [6.07, 6.45) is -5.14. The third-order valence-electron chi connectivity index (χ3n) is 6.91. The summed E-state index contributed by atoms with van der Waals surface area (Å²) in [5.74, 6) is -4.80. The molecule has 11 nitrogen and oxygen atoms in total. The summed E-state index contributed by atoms with van der Waals surface area (Å²) in [7, 11) is 0. The number of para-hydroxylation sites is 1. The number of hydrogen-bond donors (Lipinski definition) is 4. The third kappa shape index (κ3) is 6.41. The first kappa shape index (κ1) is 29.8.